The monoisotopic (exact) mass is 295 g/mol. The largest absolute Gasteiger partial charge is 0.454 e. The van der Waals surface area contributed by atoms with Crippen LogP contribution in [0.5, 0.6) is 11.5 Å². The van der Waals surface area contributed by atoms with E-state index in [-0.39, 0.29) is 12.8 Å². The second-order valence-corrected chi connectivity index (χ2v) is 5.45. The second kappa shape index (κ2) is 5.03. The van der Waals surface area contributed by atoms with Crippen molar-refractivity contribution < 1.29 is 9.47 Å². The van der Waals surface area contributed by atoms with E-state index in [0.717, 1.165) is 33.9 Å². The minimum atomic E-state index is 0.139. The van der Waals surface area contributed by atoms with Crippen molar-refractivity contribution in [3.05, 3.63) is 42.5 Å². The molecule has 0 spiro atoms. The molecular formula is C17H17N3O2. The van der Waals surface area contributed by atoms with Crippen LogP contribution in [-0.4, -0.2) is 22.9 Å². The highest BCUT2D eigenvalue weighted by molar-refractivity contribution is 5.84. The lowest BCUT2D eigenvalue weighted by molar-refractivity contribution is 0.174. The number of rotatable bonds is 3. The van der Waals surface area contributed by atoms with Crippen molar-refractivity contribution >= 4 is 11.0 Å². The van der Waals surface area contributed by atoms with Crippen LogP contribution in [0.4, 0.5) is 0 Å². The van der Waals surface area contributed by atoms with Gasteiger partial charge in [-0.3, -0.25) is 0 Å². The van der Waals surface area contributed by atoms with Gasteiger partial charge in [-0.25, -0.2) is 4.98 Å². The number of hydrogen-bond donors (Lipinski definition) is 1. The molecule has 1 aliphatic rings. The van der Waals surface area contributed by atoms with Crippen LogP contribution in [0.3, 0.4) is 0 Å². The quantitative estimate of drug-likeness (QED) is 0.807. The van der Waals surface area contributed by atoms with E-state index in [9.17, 15) is 0 Å². The first-order valence-electron chi connectivity index (χ1n) is 7.35. The third-order valence-corrected chi connectivity index (χ3v) is 4.00. The van der Waals surface area contributed by atoms with Gasteiger partial charge in [0, 0.05) is 30.3 Å². The highest BCUT2D eigenvalue weighted by Crippen LogP contribution is 2.38. The molecule has 5 nitrogen and oxygen atoms in total. The predicted molar refractivity (Wildman–Crippen MR) is 85.1 cm³/mol. The third kappa shape index (κ3) is 1.94. The van der Waals surface area contributed by atoms with Crippen LogP contribution in [-0.2, 0) is 0 Å². The molecule has 0 bridgehead atoms. The van der Waals surface area contributed by atoms with E-state index in [0.29, 0.717) is 6.54 Å². The summed E-state index contributed by atoms with van der Waals surface area (Å²) in [7, 11) is 0. The van der Waals surface area contributed by atoms with Crippen LogP contribution in [0.25, 0.3) is 22.4 Å². The van der Waals surface area contributed by atoms with Crippen LogP contribution in [0, 0.1) is 0 Å². The lowest BCUT2D eigenvalue weighted by Gasteiger charge is -2.16. The molecule has 5 heteroatoms. The van der Waals surface area contributed by atoms with Gasteiger partial charge in [0.1, 0.15) is 5.82 Å². The fraction of sp³-hybridized carbons (Fsp3) is 0.235. The maximum absolute atomic E-state index is 5.91. The first-order chi connectivity index (χ1) is 10.8. The number of nitrogens with zero attached hydrogens (tertiary/aromatic N) is 2. The zero-order valence-corrected chi connectivity index (χ0v) is 12.3. The number of aromatic nitrogens is 2. The highest BCUT2D eigenvalue weighted by Gasteiger charge is 2.21. The Morgan fingerprint density at radius 3 is 2.64 bits per heavy atom. The first kappa shape index (κ1) is 13.2. The minimum Gasteiger partial charge on any atom is -0.454 e. The highest BCUT2D eigenvalue weighted by atomic mass is 16.7. The molecule has 22 heavy (non-hydrogen) atoms. The Balaban J connectivity index is 2.00. The predicted octanol–water partition coefficient (Wildman–Crippen LogP) is 2.95. The Labute approximate surface area is 128 Å². The van der Waals surface area contributed by atoms with Crippen molar-refractivity contribution in [2.45, 2.75) is 13.0 Å². The average molecular weight is 295 g/mol. The molecule has 2 N–H and O–H groups in total. The Morgan fingerprint density at radius 1 is 1.18 bits per heavy atom. The van der Waals surface area contributed by atoms with E-state index in [2.05, 4.69) is 23.6 Å². The lowest BCUT2D eigenvalue weighted by Crippen LogP contribution is -2.16. The number of nitrogens with two attached hydrogens (primary N) is 1. The summed E-state index contributed by atoms with van der Waals surface area (Å²) < 4.78 is 13.1. The van der Waals surface area contributed by atoms with Gasteiger partial charge in [0.15, 0.2) is 11.5 Å². The van der Waals surface area contributed by atoms with Gasteiger partial charge >= 0.3 is 0 Å². The second-order valence-electron chi connectivity index (χ2n) is 5.45. The standard InChI is InChI=1S/C17H17N3O2/c1-11(9-18)20-14-8-16-15(21-10-22-16)7-13(14)19-17(20)12-5-3-2-4-6-12/h2-8,11H,9-10,18H2,1H3. The first-order valence-corrected chi connectivity index (χ1v) is 7.35. The smallest absolute Gasteiger partial charge is 0.231 e. The van der Waals surface area contributed by atoms with Gasteiger partial charge in [0.05, 0.1) is 11.0 Å². The van der Waals surface area contributed by atoms with Crippen LogP contribution >= 0.6 is 0 Å². The third-order valence-electron chi connectivity index (χ3n) is 4.00. The molecule has 3 aromatic rings. The van der Waals surface area contributed by atoms with Gasteiger partial charge in [-0.05, 0) is 6.92 Å². The van der Waals surface area contributed by atoms with Crippen molar-refractivity contribution in [2.75, 3.05) is 13.3 Å². The van der Waals surface area contributed by atoms with Gasteiger partial charge in [-0.1, -0.05) is 30.3 Å². The fourth-order valence-electron chi connectivity index (χ4n) is 2.83. The Kier molecular flexibility index (Phi) is 3.01. The maximum Gasteiger partial charge on any atom is 0.231 e. The van der Waals surface area contributed by atoms with E-state index < -0.39 is 0 Å². The molecule has 0 saturated heterocycles. The Hall–Kier alpha value is -2.53. The summed E-state index contributed by atoms with van der Waals surface area (Å²) in [6, 6.07) is 14.2. The van der Waals surface area contributed by atoms with Gasteiger partial charge in [-0.15, -0.1) is 0 Å². The van der Waals surface area contributed by atoms with E-state index in [1.807, 2.05) is 30.3 Å². The number of imidazole rings is 1. The summed E-state index contributed by atoms with van der Waals surface area (Å²) in [5.74, 6) is 2.42. The summed E-state index contributed by atoms with van der Waals surface area (Å²) in [6.07, 6.45) is 0. The summed E-state index contributed by atoms with van der Waals surface area (Å²) in [5.41, 5.74) is 8.89. The van der Waals surface area contributed by atoms with E-state index in [1.54, 1.807) is 0 Å². The van der Waals surface area contributed by atoms with E-state index >= 15 is 0 Å². The lowest BCUT2D eigenvalue weighted by atomic mass is 10.2. The van der Waals surface area contributed by atoms with Crippen molar-refractivity contribution in [2.24, 2.45) is 5.73 Å². The SMILES string of the molecule is CC(CN)n1c(-c2ccccc2)nc2cc3c(cc21)OCO3. The van der Waals surface area contributed by atoms with Crippen molar-refractivity contribution in [3.8, 4) is 22.9 Å². The molecule has 4 rings (SSSR count). The molecule has 2 aromatic carbocycles. The van der Waals surface area contributed by atoms with Crippen LogP contribution in [0.2, 0.25) is 0 Å². The maximum atomic E-state index is 5.91. The summed E-state index contributed by atoms with van der Waals surface area (Å²) in [5, 5.41) is 0. The van der Waals surface area contributed by atoms with E-state index in [4.69, 9.17) is 20.2 Å². The van der Waals surface area contributed by atoms with Crippen LogP contribution in [0.15, 0.2) is 42.5 Å². The number of benzene rings is 2. The average Bonchev–Trinajstić information content (AvgIpc) is 3.16. The summed E-state index contributed by atoms with van der Waals surface area (Å²) in [6.45, 7) is 2.90. The van der Waals surface area contributed by atoms with Gasteiger partial charge in [-0.2, -0.15) is 0 Å². The van der Waals surface area contributed by atoms with Crippen LogP contribution < -0.4 is 15.2 Å². The van der Waals surface area contributed by atoms with Crippen molar-refractivity contribution in [1.82, 2.24) is 9.55 Å². The molecular weight excluding hydrogens is 278 g/mol. The minimum absolute atomic E-state index is 0.139. The fourth-order valence-corrected chi connectivity index (χ4v) is 2.83. The van der Waals surface area contributed by atoms with Gasteiger partial charge in [0.2, 0.25) is 6.79 Å². The zero-order chi connectivity index (χ0) is 15.1. The molecule has 1 unspecified atom stereocenters. The Morgan fingerprint density at radius 2 is 1.91 bits per heavy atom. The molecule has 0 fully saturated rings. The molecule has 2 heterocycles. The van der Waals surface area contributed by atoms with Crippen LogP contribution in [0.1, 0.15) is 13.0 Å². The molecule has 0 saturated carbocycles. The van der Waals surface area contributed by atoms with Crippen molar-refractivity contribution in [3.63, 3.8) is 0 Å². The molecule has 0 radical (unpaired) electrons. The summed E-state index contributed by atoms with van der Waals surface area (Å²) >= 11 is 0. The zero-order valence-electron chi connectivity index (χ0n) is 12.3. The molecule has 1 aliphatic heterocycles. The molecule has 1 aromatic heterocycles. The molecule has 112 valence electrons. The Bertz CT molecular complexity index is 827. The number of ether oxygens (including phenoxy) is 2. The molecule has 1 atom stereocenters. The number of hydrogen-bond acceptors (Lipinski definition) is 4. The number of fused-ring (bicyclic) bond motifs is 2. The van der Waals surface area contributed by atoms with E-state index in [1.165, 1.54) is 0 Å². The molecule has 0 amide bonds. The van der Waals surface area contributed by atoms with Gasteiger partial charge in [0.25, 0.3) is 0 Å². The van der Waals surface area contributed by atoms with Gasteiger partial charge < -0.3 is 19.8 Å². The normalized spacial score (nSPS) is 14.5. The summed E-state index contributed by atoms with van der Waals surface area (Å²) in [4.78, 5) is 4.80. The molecule has 0 aliphatic carbocycles. The van der Waals surface area contributed by atoms with Crippen molar-refractivity contribution in [1.29, 1.82) is 0 Å². The topological polar surface area (TPSA) is 62.3 Å².